The van der Waals surface area contributed by atoms with Gasteiger partial charge in [-0.3, -0.25) is 0 Å². The minimum absolute atomic E-state index is 0.0362. The molecule has 3 nitrogen and oxygen atoms in total. The molecule has 0 amide bonds. The van der Waals surface area contributed by atoms with Gasteiger partial charge in [-0.2, -0.15) is 0 Å². The van der Waals surface area contributed by atoms with Crippen LogP contribution in [0, 0.1) is 0 Å². The molecule has 302 valence electrons. The fourth-order valence-corrected chi connectivity index (χ4v) is 12.6. The molecule has 11 aromatic carbocycles. The summed E-state index contributed by atoms with van der Waals surface area (Å²) in [4.78, 5) is 0. The van der Waals surface area contributed by atoms with E-state index >= 15 is 0 Å². The van der Waals surface area contributed by atoms with Crippen molar-refractivity contribution in [2.45, 2.75) is 0 Å². The summed E-state index contributed by atoms with van der Waals surface area (Å²) in [7, 11) is 0. The van der Waals surface area contributed by atoms with Crippen molar-refractivity contribution in [1.29, 1.82) is 0 Å². The van der Waals surface area contributed by atoms with Crippen LogP contribution in [0.1, 0.15) is 0 Å². The summed E-state index contributed by atoms with van der Waals surface area (Å²) in [5.74, 6) is 0. The molecule has 0 spiro atoms. The average molecular weight is 835 g/mol. The number of rotatable bonds is 3. The molecule has 14 aromatic rings. The van der Waals surface area contributed by atoms with Gasteiger partial charge in [0, 0.05) is 54.9 Å². The molecule has 4 heteroatoms. The quantitative estimate of drug-likeness (QED) is 0.128. The van der Waals surface area contributed by atoms with Crippen molar-refractivity contribution in [3.05, 3.63) is 212 Å². The molecule has 0 bridgehead atoms. The fraction of sp³-hybridized carbons (Fsp3) is 0. The number of para-hydroxylation sites is 3. The summed E-state index contributed by atoms with van der Waals surface area (Å²) < 4.78 is 11.9. The molecule has 5 heterocycles. The second kappa shape index (κ2) is 12.6. The number of furan rings is 1. The molecule has 66 heavy (non-hydrogen) atoms. The molecule has 16 rings (SSSR count). The van der Waals surface area contributed by atoms with Crippen LogP contribution in [0.2, 0.25) is 0 Å². The van der Waals surface area contributed by atoms with E-state index in [4.69, 9.17) is 4.42 Å². The predicted molar refractivity (Wildman–Crippen MR) is 278 cm³/mol. The van der Waals surface area contributed by atoms with Crippen LogP contribution >= 0.6 is 0 Å². The van der Waals surface area contributed by atoms with Crippen molar-refractivity contribution in [3.63, 3.8) is 0 Å². The topological polar surface area (TPSA) is 23.0 Å². The first-order valence-corrected chi connectivity index (χ1v) is 23.0. The van der Waals surface area contributed by atoms with Crippen LogP contribution in [0.3, 0.4) is 0 Å². The summed E-state index contributed by atoms with van der Waals surface area (Å²) in [5.41, 5.74) is 19.2. The second-order valence-electron chi connectivity index (χ2n) is 18.2. The first-order valence-electron chi connectivity index (χ1n) is 23.0. The van der Waals surface area contributed by atoms with E-state index in [9.17, 15) is 0 Å². The van der Waals surface area contributed by atoms with Gasteiger partial charge < -0.3 is 13.6 Å². The average Bonchev–Trinajstić information content (AvgIpc) is 4.05. The lowest BCUT2D eigenvalue weighted by Crippen LogP contribution is -2.59. The zero-order valence-electron chi connectivity index (χ0n) is 35.6. The third kappa shape index (κ3) is 4.29. The molecule has 0 saturated carbocycles. The molecule has 0 N–H and O–H groups in total. The van der Waals surface area contributed by atoms with Crippen LogP contribution < -0.4 is 16.4 Å². The van der Waals surface area contributed by atoms with Gasteiger partial charge in [-0.1, -0.05) is 182 Å². The highest BCUT2D eigenvalue weighted by molar-refractivity contribution is 7.02. The molecule has 0 unspecified atom stereocenters. The van der Waals surface area contributed by atoms with Crippen molar-refractivity contribution in [2.24, 2.45) is 0 Å². The molecule has 0 aliphatic carbocycles. The van der Waals surface area contributed by atoms with E-state index in [-0.39, 0.29) is 6.71 Å². The lowest BCUT2D eigenvalue weighted by atomic mass is 9.33. The number of benzene rings is 11. The highest BCUT2D eigenvalue weighted by atomic mass is 16.3. The van der Waals surface area contributed by atoms with E-state index in [2.05, 4.69) is 221 Å². The number of hydrogen-bond acceptors (Lipinski definition) is 1. The summed E-state index contributed by atoms with van der Waals surface area (Å²) in [6.07, 6.45) is 0. The van der Waals surface area contributed by atoms with Crippen LogP contribution in [-0.2, 0) is 0 Å². The van der Waals surface area contributed by atoms with Crippen LogP contribution in [0.15, 0.2) is 217 Å². The Balaban J connectivity index is 1.11. The molecule has 2 aliphatic rings. The van der Waals surface area contributed by atoms with Gasteiger partial charge in [-0.25, -0.2) is 0 Å². The Morgan fingerprint density at radius 2 is 0.985 bits per heavy atom. The lowest BCUT2D eigenvalue weighted by molar-refractivity contribution is 0.670. The van der Waals surface area contributed by atoms with Crippen molar-refractivity contribution in [2.75, 3.05) is 0 Å². The maximum atomic E-state index is 6.67. The van der Waals surface area contributed by atoms with Crippen LogP contribution in [-0.4, -0.2) is 15.8 Å². The zero-order valence-corrected chi connectivity index (χ0v) is 35.6. The predicted octanol–water partition coefficient (Wildman–Crippen LogP) is 14.2. The van der Waals surface area contributed by atoms with Crippen LogP contribution in [0.4, 0.5) is 0 Å². The summed E-state index contributed by atoms with van der Waals surface area (Å²) >= 11 is 0. The van der Waals surface area contributed by atoms with Gasteiger partial charge in [0.2, 0.25) is 0 Å². The minimum Gasteiger partial charge on any atom is -0.455 e. The number of nitrogens with zero attached hydrogens (tertiary/aromatic N) is 2. The number of hydrogen-bond donors (Lipinski definition) is 0. The Hall–Kier alpha value is -8.60. The maximum Gasteiger partial charge on any atom is 0.253 e. The molecule has 0 radical (unpaired) electrons. The molecule has 0 atom stereocenters. The number of aromatic nitrogens is 2. The summed E-state index contributed by atoms with van der Waals surface area (Å²) in [6, 6.07) is 78.9. The van der Waals surface area contributed by atoms with Gasteiger partial charge in [0.25, 0.3) is 6.71 Å². The first kappa shape index (κ1) is 34.8. The van der Waals surface area contributed by atoms with Crippen molar-refractivity contribution < 1.29 is 4.42 Å². The summed E-state index contributed by atoms with van der Waals surface area (Å²) in [5, 5.41) is 13.9. The Kier molecular flexibility index (Phi) is 6.63. The van der Waals surface area contributed by atoms with E-state index in [1.807, 2.05) is 0 Å². The standard InChI is InChI=1S/C62H35BN2O/c1-3-16-36(17-4-1)55-47-27-14-28-50-60(47)65(59(55)37-18-5-2-6-19-37)52-30-15-29-51-57(52)63(50)58-56-45-24-10-9-21-41(45)40-20-7-8-22-42(40)48(56)35-49-43-33-32-38(34-53(43)64(51)61(49)58)39-25-13-26-46-44-23-11-12-31-54(44)66-62(39)46/h1-35H. The van der Waals surface area contributed by atoms with Gasteiger partial charge in [0.15, 0.2) is 0 Å². The largest absolute Gasteiger partial charge is 0.455 e. The second-order valence-corrected chi connectivity index (χ2v) is 18.2. The summed E-state index contributed by atoms with van der Waals surface area (Å²) in [6.45, 7) is -0.0362. The zero-order chi connectivity index (χ0) is 42.8. The van der Waals surface area contributed by atoms with E-state index < -0.39 is 0 Å². The smallest absolute Gasteiger partial charge is 0.253 e. The normalized spacial score (nSPS) is 12.8. The maximum absolute atomic E-state index is 6.67. The molecule has 0 saturated heterocycles. The van der Waals surface area contributed by atoms with Gasteiger partial charge in [-0.05, 0) is 95.7 Å². The SMILES string of the molecule is c1ccc(-c2c(-c3ccccc3)n3c4c(cccc24)B2c4c-3cccc4-n3c4cc(-c5cccc6c5oc5ccccc56)ccc4c4cc5c6ccccc6c6ccccc6c5c2c43)cc1. The lowest BCUT2D eigenvalue weighted by Gasteiger charge is -2.35. The van der Waals surface area contributed by atoms with Crippen molar-refractivity contribution in [1.82, 2.24) is 9.13 Å². The van der Waals surface area contributed by atoms with E-state index in [1.54, 1.807) is 0 Å². The Bertz CT molecular complexity index is 4460. The van der Waals surface area contributed by atoms with Crippen molar-refractivity contribution in [3.8, 4) is 44.9 Å². The van der Waals surface area contributed by atoms with Crippen LogP contribution in [0.5, 0.6) is 0 Å². The number of fused-ring (bicyclic) bond motifs is 17. The third-order valence-electron chi connectivity index (χ3n) is 15.1. The van der Waals surface area contributed by atoms with E-state index in [0.717, 1.165) is 33.1 Å². The minimum atomic E-state index is -0.0362. The van der Waals surface area contributed by atoms with Gasteiger partial charge >= 0.3 is 0 Å². The van der Waals surface area contributed by atoms with Crippen molar-refractivity contribution >= 4 is 110 Å². The van der Waals surface area contributed by atoms with Gasteiger partial charge in [0.1, 0.15) is 11.2 Å². The molecular formula is C62H35BN2O. The molecular weight excluding hydrogens is 800 g/mol. The van der Waals surface area contributed by atoms with Gasteiger partial charge in [0.05, 0.1) is 16.7 Å². The molecule has 3 aromatic heterocycles. The highest BCUT2D eigenvalue weighted by Gasteiger charge is 2.43. The fourth-order valence-electron chi connectivity index (χ4n) is 12.6. The Morgan fingerprint density at radius 3 is 1.79 bits per heavy atom. The third-order valence-corrected chi connectivity index (χ3v) is 15.1. The monoisotopic (exact) mass is 834 g/mol. The van der Waals surface area contributed by atoms with E-state index in [1.165, 1.54) is 115 Å². The first-order chi connectivity index (χ1) is 32.8. The van der Waals surface area contributed by atoms with E-state index in [0.29, 0.717) is 0 Å². The van der Waals surface area contributed by atoms with Gasteiger partial charge in [-0.15, -0.1) is 0 Å². The van der Waals surface area contributed by atoms with Crippen LogP contribution in [0.25, 0.3) is 132 Å². The Morgan fingerprint density at radius 1 is 0.364 bits per heavy atom. The molecule has 0 fully saturated rings. The highest BCUT2D eigenvalue weighted by Crippen LogP contribution is 2.47. The Labute approximate surface area is 379 Å². The molecule has 2 aliphatic heterocycles.